The van der Waals surface area contributed by atoms with Gasteiger partial charge in [-0.25, -0.2) is 18.4 Å². The van der Waals surface area contributed by atoms with Crippen LogP contribution in [0.3, 0.4) is 0 Å². The second-order valence-electron chi connectivity index (χ2n) is 3.85. The van der Waals surface area contributed by atoms with E-state index in [0.717, 1.165) is 6.26 Å². The standard InChI is InChI=1S/C12H11ClN2O3S/c1-18-12-11(15-10(13)7-14-12)8-3-5-9(6-4-8)19(2,16)17/h3-7H,1-2H3. The van der Waals surface area contributed by atoms with Crippen LogP contribution in [-0.2, 0) is 9.84 Å². The Bertz CT molecular complexity index is 699. The summed E-state index contributed by atoms with van der Waals surface area (Å²) in [5.74, 6) is 0.330. The topological polar surface area (TPSA) is 69.2 Å². The van der Waals surface area contributed by atoms with Gasteiger partial charge >= 0.3 is 0 Å². The zero-order valence-corrected chi connectivity index (χ0v) is 11.9. The number of hydrogen-bond acceptors (Lipinski definition) is 5. The van der Waals surface area contributed by atoms with Crippen LogP contribution >= 0.6 is 11.6 Å². The number of benzene rings is 1. The fourth-order valence-corrected chi connectivity index (χ4v) is 2.32. The van der Waals surface area contributed by atoms with E-state index in [1.807, 2.05) is 0 Å². The van der Waals surface area contributed by atoms with Gasteiger partial charge < -0.3 is 4.74 Å². The number of sulfone groups is 1. The molecule has 1 aromatic carbocycles. The Morgan fingerprint density at radius 1 is 1.21 bits per heavy atom. The predicted octanol–water partition coefficient (Wildman–Crippen LogP) is 2.21. The first kappa shape index (κ1) is 13.8. The van der Waals surface area contributed by atoms with Crippen LogP contribution in [-0.4, -0.2) is 31.8 Å². The number of halogens is 1. The molecular formula is C12H11ClN2O3S. The third-order valence-electron chi connectivity index (χ3n) is 2.46. The molecule has 0 bridgehead atoms. The zero-order valence-electron chi connectivity index (χ0n) is 10.3. The number of hydrogen-bond donors (Lipinski definition) is 0. The van der Waals surface area contributed by atoms with Gasteiger partial charge in [-0.2, -0.15) is 0 Å². The monoisotopic (exact) mass is 298 g/mol. The van der Waals surface area contributed by atoms with Crippen LogP contribution in [0.15, 0.2) is 35.4 Å². The second kappa shape index (κ2) is 5.14. The van der Waals surface area contributed by atoms with Crippen molar-refractivity contribution in [2.24, 2.45) is 0 Å². The number of rotatable bonds is 3. The van der Waals surface area contributed by atoms with Gasteiger partial charge in [0, 0.05) is 11.8 Å². The molecule has 0 spiro atoms. The van der Waals surface area contributed by atoms with Crippen molar-refractivity contribution in [3.8, 4) is 17.1 Å². The summed E-state index contributed by atoms with van der Waals surface area (Å²) in [5, 5.41) is 0.239. The van der Waals surface area contributed by atoms with E-state index in [4.69, 9.17) is 16.3 Å². The van der Waals surface area contributed by atoms with Crippen molar-refractivity contribution < 1.29 is 13.2 Å². The molecule has 0 N–H and O–H groups in total. The highest BCUT2D eigenvalue weighted by atomic mass is 35.5. The van der Waals surface area contributed by atoms with Crippen molar-refractivity contribution in [3.63, 3.8) is 0 Å². The second-order valence-corrected chi connectivity index (χ2v) is 6.25. The number of aromatic nitrogens is 2. The van der Waals surface area contributed by atoms with Crippen molar-refractivity contribution in [2.75, 3.05) is 13.4 Å². The first-order valence-electron chi connectivity index (χ1n) is 5.29. The van der Waals surface area contributed by atoms with Crippen molar-refractivity contribution in [3.05, 3.63) is 35.6 Å². The van der Waals surface area contributed by atoms with Gasteiger partial charge in [0.05, 0.1) is 18.2 Å². The molecule has 100 valence electrons. The molecule has 1 heterocycles. The largest absolute Gasteiger partial charge is 0.479 e. The van der Waals surface area contributed by atoms with E-state index in [9.17, 15) is 8.42 Å². The van der Waals surface area contributed by atoms with Gasteiger partial charge in [-0.3, -0.25) is 0 Å². The molecule has 0 aliphatic carbocycles. The Kier molecular flexibility index (Phi) is 3.73. The molecule has 0 saturated carbocycles. The molecule has 19 heavy (non-hydrogen) atoms. The molecular weight excluding hydrogens is 288 g/mol. The van der Waals surface area contributed by atoms with Gasteiger partial charge in [-0.05, 0) is 12.1 Å². The minimum absolute atomic E-state index is 0.239. The highest BCUT2D eigenvalue weighted by Crippen LogP contribution is 2.27. The van der Waals surface area contributed by atoms with Crippen LogP contribution < -0.4 is 4.74 Å². The van der Waals surface area contributed by atoms with Crippen LogP contribution in [0.2, 0.25) is 5.15 Å². The zero-order chi connectivity index (χ0) is 14.0. The number of nitrogens with zero attached hydrogens (tertiary/aromatic N) is 2. The third-order valence-corrected chi connectivity index (χ3v) is 3.77. The molecule has 0 atom stereocenters. The Balaban J connectivity index is 2.51. The number of ether oxygens (including phenoxy) is 1. The average Bonchev–Trinajstić information content (AvgIpc) is 2.38. The normalized spacial score (nSPS) is 11.3. The highest BCUT2D eigenvalue weighted by Gasteiger charge is 2.12. The Hall–Kier alpha value is -1.66. The van der Waals surface area contributed by atoms with E-state index in [2.05, 4.69) is 9.97 Å². The quantitative estimate of drug-likeness (QED) is 0.869. The van der Waals surface area contributed by atoms with Gasteiger partial charge in [0.15, 0.2) is 9.84 Å². The summed E-state index contributed by atoms with van der Waals surface area (Å²) >= 11 is 5.80. The molecule has 2 aromatic rings. The predicted molar refractivity (Wildman–Crippen MR) is 72.1 cm³/mol. The van der Waals surface area contributed by atoms with Gasteiger partial charge in [0.1, 0.15) is 10.8 Å². The first-order valence-corrected chi connectivity index (χ1v) is 7.56. The molecule has 7 heteroatoms. The SMILES string of the molecule is COc1ncc(Cl)nc1-c1ccc(S(C)(=O)=O)cc1. The van der Waals surface area contributed by atoms with Crippen LogP contribution in [0, 0.1) is 0 Å². The minimum atomic E-state index is -3.22. The maximum Gasteiger partial charge on any atom is 0.240 e. The molecule has 1 aromatic heterocycles. The lowest BCUT2D eigenvalue weighted by Crippen LogP contribution is -1.98. The summed E-state index contributed by atoms with van der Waals surface area (Å²) in [6.45, 7) is 0. The lowest BCUT2D eigenvalue weighted by Gasteiger charge is -2.07. The molecule has 2 rings (SSSR count). The van der Waals surface area contributed by atoms with E-state index in [1.54, 1.807) is 12.1 Å². The fourth-order valence-electron chi connectivity index (χ4n) is 1.55. The molecule has 0 fully saturated rings. The maximum atomic E-state index is 11.4. The Morgan fingerprint density at radius 3 is 2.37 bits per heavy atom. The summed E-state index contributed by atoms with van der Waals surface area (Å²) < 4.78 is 27.9. The molecule has 0 aliphatic heterocycles. The van der Waals surface area contributed by atoms with E-state index < -0.39 is 9.84 Å². The van der Waals surface area contributed by atoms with E-state index in [1.165, 1.54) is 25.4 Å². The number of methoxy groups -OCH3 is 1. The average molecular weight is 299 g/mol. The van der Waals surface area contributed by atoms with E-state index in [0.29, 0.717) is 17.1 Å². The Morgan fingerprint density at radius 2 is 1.84 bits per heavy atom. The summed E-state index contributed by atoms with van der Waals surface area (Å²) in [6, 6.07) is 6.29. The molecule has 0 saturated heterocycles. The van der Waals surface area contributed by atoms with Crippen molar-refractivity contribution in [1.29, 1.82) is 0 Å². The van der Waals surface area contributed by atoms with Gasteiger partial charge in [0.25, 0.3) is 0 Å². The van der Waals surface area contributed by atoms with Crippen molar-refractivity contribution >= 4 is 21.4 Å². The molecule has 0 unspecified atom stereocenters. The minimum Gasteiger partial charge on any atom is -0.479 e. The first-order chi connectivity index (χ1) is 8.91. The van der Waals surface area contributed by atoms with Gasteiger partial charge in [0.2, 0.25) is 5.88 Å². The van der Waals surface area contributed by atoms with E-state index in [-0.39, 0.29) is 10.0 Å². The van der Waals surface area contributed by atoms with Crippen LogP contribution in [0.4, 0.5) is 0 Å². The molecule has 5 nitrogen and oxygen atoms in total. The molecule has 0 radical (unpaired) electrons. The Labute approximate surface area is 116 Å². The summed E-state index contributed by atoms with van der Waals surface area (Å²) in [7, 11) is -1.74. The smallest absolute Gasteiger partial charge is 0.240 e. The maximum absolute atomic E-state index is 11.4. The summed E-state index contributed by atoms with van der Waals surface area (Å²) in [4.78, 5) is 8.38. The van der Waals surface area contributed by atoms with Gasteiger partial charge in [-0.15, -0.1) is 0 Å². The van der Waals surface area contributed by atoms with E-state index >= 15 is 0 Å². The van der Waals surface area contributed by atoms with Crippen molar-refractivity contribution in [1.82, 2.24) is 9.97 Å². The van der Waals surface area contributed by atoms with Crippen LogP contribution in [0.5, 0.6) is 5.88 Å². The summed E-state index contributed by atoms with van der Waals surface area (Å²) in [5.41, 5.74) is 1.15. The highest BCUT2D eigenvalue weighted by molar-refractivity contribution is 7.90. The summed E-state index contributed by atoms with van der Waals surface area (Å²) in [6.07, 6.45) is 2.54. The van der Waals surface area contributed by atoms with Crippen molar-refractivity contribution in [2.45, 2.75) is 4.90 Å². The van der Waals surface area contributed by atoms with Crippen LogP contribution in [0.1, 0.15) is 0 Å². The molecule has 0 amide bonds. The van der Waals surface area contributed by atoms with Crippen LogP contribution in [0.25, 0.3) is 11.3 Å². The molecule has 0 aliphatic rings. The van der Waals surface area contributed by atoms with Gasteiger partial charge in [-0.1, -0.05) is 23.7 Å². The fraction of sp³-hybridized carbons (Fsp3) is 0.167. The third kappa shape index (κ3) is 3.02. The lowest BCUT2D eigenvalue weighted by atomic mass is 10.1. The lowest BCUT2D eigenvalue weighted by molar-refractivity contribution is 0.398.